The van der Waals surface area contributed by atoms with Crippen molar-refractivity contribution in [3.05, 3.63) is 93.6 Å². The Kier molecular flexibility index (Phi) is 29.1. The third-order valence-electron chi connectivity index (χ3n) is 4.72. The van der Waals surface area contributed by atoms with Gasteiger partial charge in [-0.15, -0.1) is 17.9 Å². The summed E-state index contributed by atoms with van der Waals surface area (Å²) >= 11 is 11.5. The van der Waals surface area contributed by atoms with E-state index in [0.29, 0.717) is 16.2 Å². The number of nitroso groups, excluding NO2 is 1. The summed E-state index contributed by atoms with van der Waals surface area (Å²) in [5, 5.41) is 42.0. The molecule has 17 heteroatoms. The maximum absolute atomic E-state index is 13.6. The van der Waals surface area contributed by atoms with Gasteiger partial charge in [0.25, 0.3) is 6.47 Å². The normalized spacial score (nSPS) is 8.72. The zero-order valence-corrected chi connectivity index (χ0v) is 34.8. The van der Waals surface area contributed by atoms with Crippen molar-refractivity contribution in [3.63, 3.8) is 0 Å². The number of halogens is 3. The fraction of sp³-hybridized carbons (Fsp3) is 0.0385. The van der Waals surface area contributed by atoms with E-state index >= 15 is 0 Å². The summed E-state index contributed by atoms with van der Waals surface area (Å²) in [6.07, 6.45) is 0. The van der Waals surface area contributed by atoms with E-state index in [-0.39, 0.29) is 154 Å². The molecule has 0 aliphatic rings. The van der Waals surface area contributed by atoms with Gasteiger partial charge >= 0.3 is 103 Å². The predicted molar refractivity (Wildman–Crippen MR) is 171 cm³/mol. The molecule has 3 N–H and O–H groups in total. The number of para-hydroxylation sites is 2. The topological polar surface area (TPSA) is 153 Å². The second-order valence-corrected chi connectivity index (χ2v) is 7.94. The molecule has 0 bridgehead atoms. The van der Waals surface area contributed by atoms with Gasteiger partial charge in [0, 0.05) is 38.0 Å². The number of carbonyl (C=O) groups is 1. The van der Waals surface area contributed by atoms with E-state index in [1.807, 2.05) is 18.2 Å². The Bertz CT molecular complexity index is 1580. The van der Waals surface area contributed by atoms with Crippen LogP contribution in [-0.4, -0.2) is 28.8 Å². The maximum atomic E-state index is 13.6. The van der Waals surface area contributed by atoms with Gasteiger partial charge in [-0.2, -0.15) is 14.8 Å². The number of carbonyl (C=O) groups excluding carboxylic acids is 1. The molecule has 0 radical (unpaired) electrons. The summed E-state index contributed by atoms with van der Waals surface area (Å²) in [5.41, 5.74) is 1.63. The van der Waals surface area contributed by atoms with Gasteiger partial charge in [-0.1, -0.05) is 52.6 Å². The van der Waals surface area contributed by atoms with E-state index in [2.05, 4.69) is 27.9 Å². The number of furan rings is 1. The number of hydrogen-bond donors (Lipinski definition) is 3. The first-order valence-electron chi connectivity index (χ1n) is 10.7. The fourth-order valence-corrected chi connectivity index (χ4v) is 3.53. The molecule has 1 aromatic heterocycles. The van der Waals surface area contributed by atoms with Crippen molar-refractivity contribution in [3.8, 4) is 28.4 Å². The van der Waals surface area contributed by atoms with Crippen molar-refractivity contribution >= 4 is 79.4 Å². The molecule has 0 saturated carbocycles. The van der Waals surface area contributed by atoms with E-state index in [4.69, 9.17) is 42.6 Å². The van der Waals surface area contributed by atoms with Crippen molar-refractivity contribution in [1.82, 2.24) is 0 Å². The van der Waals surface area contributed by atoms with Crippen LogP contribution in [0.2, 0.25) is 10.0 Å². The second-order valence-electron chi connectivity index (χ2n) is 7.07. The first-order valence-corrected chi connectivity index (χ1v) is 14.1. The first kappa shape index (κ1) is 47.6. The molecule has 5 aromatic rings. The number of aromatic hydroxyl groups is 3. The van der Waals surface area contributed by atoms with E-state index in [1.165, 1.54) is 37.4 Å². The quantitative estimate of drug-likeness (QED) is 0.0464. The van der Waals surface area contributed by atoms with Crippen LogP contribution in [0.5, 0.6) is 17.2 Å². The first-order chi connectivity index (χ1) is 19.2. The molecule has 9 nitrogen and oxygen atoms in total. The Morgan fingerprint density at radius 3 is 1.98 bits per heavy atom. The van der Waals surface area contributed by atoms with Crippen LogP contribution in [0.25, 0.3) is 33.1 Å². The van der Waals surface area contributed by atoms with Gasteiger partial charge < -0.3 is 31.3 Å². The molecule has 0 amide bonds. The Morgan fingerprint density at radius 2 is 1.42 bits per heavy atom. The van der Waals surface area contributed by atoms with Gasteiger partial charge in [-0.05, 0) is 42.5 Å². The standard InChI is InChI=1S/C12H8ClFO2.C12H7ClO2.CH3NO.CH2O3.2K.H4P2.H3P.H/c13-7-4-5-8(10(14)6-7)9-2-1-3-11(15)12(9)16;13-7-4-5-8-9-2-1-3-10(14)12(9)15-11(8)6-7;1-2-3;2-1-4-3;;;1-2;;/h1-6,15-16H;1-6,14H;1H3;1,3H;;;1-2H2;1H3;/q;;;;2*+1;;;-1/p-1. The zero-order valence-electron chi connectivity index (χ0n) is 24.3. The van der Waals surface area contributed by atoms with Crippen LogP contribution >= 0.6 is 51.0 Å². The zero-order chi connectivity index (χ0) is 30.2. The Hall–Kier alpha value is 0.183. The van der Waals surface area contributed by atoms with E-state index in [1.54, 1.807) is 18.2 Å². The van der Waals surface area contributed by atoms with Gasteiger partial charge in [-0.25, -0.2) is 4.39 Å². The predicted octanol–water partition coefficient (Wildman–Crippen LogP) is 1.15. The monoisotopic (exact) mass is 741 g/mol. The fourth-order valence-electron chi connectivity index (χ4n) is 3.21. The van der Waals surface area contributed by atoms with Gasteiger partial charge in [0.1, 0.15) is 11.4 Å². The smallest absolute Gasteiger partial charge is 1.00 e. The molecule has 222 valence electrons. The van der Waals surface area contributed by atoms with E-state index < -0.39 is 5.82 Å². The van der Waals surface area contributed by atoms with Crippen LogP contribution in [0.15, 0.2) is 82.4 Å². The summed E-state index contributed by atoms with van der Waals surface area (Å²) < 4.78 is 19.1. The number of rotatable bonds is 2. The summed E-state index contributed by atoms with van der Waals surface area (Å²) in [7, 11) is 5.86. The minimum absolute atomic E-state index is 0. The largest absolute Gasteiger partial charge is 1.00 e. The molecule has 0 spiro atoms. The van der Waals surface area contributed by atoms with Crippen molar-refractivity contribution in [2.75, 3.05) is 7.05 Å². The molecule has 1 heterocycles. The van der Waals surface area contributed by atoms with Gasteiger partial charge in [0.15, 0.2) is 22.8 Å². The van der Waals surface area contributed by atoms with Crippen LogP contribution in [-0.2, 0) is 9.68 Å². The van der Waals surface area contributed by atoms with Gasteiger partial charge in [0.2, 0.25) is 0 Å². The van der Waals surface area contributed by atoms with Crippen LogP contribution in [0.3, 0.4) is 0 Å². The number of fused-ring (bicyclic) bond motifs is 3. The minimum Gasteiger partial charge on any atom is -1.00 e. The molecule has 0 saturated heterocycles. The van der Waals surface area contributed by atoms with Crippen LogP contribution in [0.1, 0.15) is 1.43 Å². The van der Waals surface area contributed by atoms with Crippen molar-refractivity contribution in [2.45, 2.75) is 0 Å². The average Bonchev–Trinajstić information content (AvgIpc) is 3.32. The molecule has 5 rings (SSSR count). The van der Waals surface area contributed by atoms with E-state index in [0.717, 1.165) is 16.8 Å². The van der Waals surface area contributed by atoms with E-state index in [9.17, 15) is 19.7 Å². The molecular weight excluding hydrogens is 715 g/mol. The summed E-state index contributed by atoms with van der Waals surface area (Å²) in [6, 6.07) is 19.2. The van der Waals surface area contributed by atoms with Crippen LogP contribution in [0, 0.1) is 10.7 Å². The molecule has 0 aliphatic carbocycles. The van der Waals surface area contributed by atoms with Crippen molar-refractivity contribution in [1.29, 1.82) is 0 Å². The average molecular weight is 743 g/mol. The summed E-state index contributed by atoms with van der Waals surface area (Å²) in [6.45, 7) is -0.181. The Labute approximate surface area is 351 Å². The van der Waals surface area contributed by atoms with Gasteiger partial charge in [0.05, 0.1) is 7.05 Å². The number of nitrogens with zero attached hydrogens (tertiary/aromatic N) is 1. The third kappa shape index (κ3) is 15.1. The van der Waals surface area contributed by atoms with Crippen LogP contribution in [0.4, 0.5) is 4.39 Å². The minimum atomic E-state index is -0.548. The van der Waals surface area contributed by atoms with Crippen molar-refractivity contribution < 1.29 is 143 Å². The molecular formula is C26H27Cl2FK2NO8P3. The number of hydrogen-bond acceptors (Lipinski definition) is 9. The summed E-state index contributed by atoms with van der Waals surface area (Å²) in [5.74, 6) is -1.02. The van der Waals surface area contributed by atoms with Crippen LogP contribution < -0.4 is 108 Å². The Morgan fingerprint density at radius 1 is 0.907 bits per heavy atom. The molecule has 3 unspecified atom stereocenters. The molecule has 0 aliphatic heterocycles. The number of benzene rings is 4. The SMILES string of the molecule is CN=O.O=CO[O-].Oc1cccc(-c2ccc(Cl)cc2F)c1O.Oc1cccc2c1oc1cc(Cl)ccc12.P.PP.[H-].[K+].[K+]. The Balaban J connectivity index is -0.000000268. The summed E-state index contributed by atoms with van der Waals surface area (Å²) in [4.78, 5) is 19.8. The molecule has 43 heavy (non-hydrogen) atoms. The molecule has 0 fully saturated rings. The third-order valence-corrected chi connectivity index (χ3v) is 5.19. The molecule has 4 aromatic carbocycles. The van der Waals surface area contributed by atoms with Gasteiger partial charge in [-0.3, -0.25) is 4.79 Å². The molecule has 3 atom stereocenters. The second kappa shape index (κ2) is 26.3. The number of phenols is 3. The maximum Gasteiger partial charge on any atom is 1.00 e. The van der Waals surface area contributed by atoms with Crippen molar-refractivity contribution in [2.24, 2.45) is 5.18 Å². The number of phenolic OH excluding ortho intramolecular Hbond substituents is 3.